The maximum absolute atomic E-state index is 12.9. The van der Waals surface area contributed by atoms with Crippen molar-refractivity contribution in [1.82, 2.24) is 0 Å². The van der Waals surface area contributed by atoms with Crippen LogP contribution < -0.4 is 5.73 Å². The highest BCUT2D eigenvalue weighted by Crippen LogP contribution is 2.25. The number of anilines is 1. The Morgan fingerprint density at radius 2 is 2.08 bits per heavy atom. The first-order chi connectivity index (χ1) is 5.68. The molecule has 1 aliphatic carbocycles. The summed E-state index contributed by atoms with van der Waals surface area (Å²) in [4.78, 5) is 11.1. The molecule has 0 saturated carbocycles. The van der Waals surface area contributed by atoms with E-state index in [1.165, 1.54) is 6.07 Å². The quantitative estimate of drug-likeness (QED) is 0.592. The van der Waals surface area contributed by atoms with Crippen molar-refractivity contribution in [2.75, 3.05) is 5.73 Å². The van der Waals surface area contributed by atoms with Crippen LogP contribution in [0.15, 0.2) is 12.1 Å². The second kappa shape index (κ2) is 2.30. The Labute approximate surface area is 69.2 Å². The molecule has 1 aromatic rings. The van der Waals surface area contributed by atoms with Gasteiger partial charge in [0.05, 0.1) is 5.69 Å². The van der Waals surface area contributed by atoms with Gasteiger partial charge < -0.3 is 5.73 Å². The van der Waals surface area contributed by atoms with Gasteiger partial charge in [-0.05, 0) is 24.1 Å². The first-order valence-corrected chi connectivity index (χ1v) is 3.79. The number of carbonyl (C=O) groups is 1. The third-order valence-corrected chi connectivity index (χ3v) is 2.14. The number of ketones is 1. The van der Waals surface area contributed by atoms with Crippen molar-refractivity contribution in [2.45, 2.75) is 12.8 Å². The van der Waals surface area contributed by atoms with Gasteiger partial charge in [0.2, 0.25) is 0 Å². The smallest absolute Gasteiger partial charge is 0.163 e. The Balaban J connectivity index is 2.63. The van der Waals surface area contributed by atoms with Crippen molar-refractivity contribution in [3.8, 4) is 0 Å². The molecule has 0 amide bonds. The Morgan fingerprint density at radius 1 is 1.33 bits per heavy atom. The minimum absolute atomic E-state index is 0.0175. The van der Waals surface area contributed by atoms with Crippen molar-refractivity contribution >= 4 is 11.5 Å². The number of carbonyl (C=O) groups excluding carboxylic acids is 1. The number of halogens is 1. The lowest BCUT2D eigenvalue weighted by molar-refractivity contribution is 0.0994. The molecule has 0 bridgehead atoms. The lowest BCUT2D eigenvalue weighted by Gasteiger charge is -2.00. The normalized spacial score (nSPS) is 14.9. The van der Waals surface area contributed by atoms with Gasteiger partial charge >= 0.3 is 0 Å². The highest BCUT2D eigenvalue weighted by molar-refractivity contribution is 6.00. The summed E-state index contributed by atoms with van der Waals surface area (Å²) in [5.74, 6) is -0.479. The van der Waals surface area contributed by atoms with E-state index in [1.54, 1.807) is 6.07 Å². The van der Waals surface area contributed by atoms with Gasteiger partial charge in [-0.15, -0.1) is 0 Å². The predicted molar refractivity (Wildman–Crippen MR) is 43.5 cm³/mol. The third-order valence-electron chi connectivity index (χ3n) is 2.14. The molecule has 2 nitrogen and oxygen atoms in total. The summed E-state index contributed by atoms with van der Waals surface area (Å²) in [6, 6.07) is 2.79. The number of aryl methyl sites for hydroxylation is 1. The van der Waals surface area contributed by atoms with Gasteiger partial charge in [0.15, 0.2) is 5.78 Å². The molecule has 2 rings (SSSR count). The number of rotatable bonds is 0. The van der Waals surface area contributed by atoms with Gasteiger partial charge in [0, 0.05) is 12.0 Å². The van der Waals surface area contributed by atoms with Crippen molar-refractivity contribution < 1.29 is 9.18 Å². The number of hydrogen-bond acceptors (Lipinski definition) is 2. The summed E-state index contributed by atoms with van der Waals surface area (Å²) in [7, 11) is 0. The molecule has 0 radical (unpaired) electrons. The molecule has 0 fully saturated rings. The summed E-state index contributed by atoms with van der Waals surface area (Å²) in [5, 5.41) is 0. The summed E-state index contributed by atoms with van der Waals surface area (Å²) < 4.78 is 12.9. The van der Waals surface area contributed by atoms with E-state index in [0.717, 1.165) is 5.56 Å². The van der Waals surface area contributed by atoms with Gasteiger partial charge in [0.25, 0.3) is 0 Å². The van der Waals surface area contributed by atoms with Crippen molar-refractivity contribution in [1.29, 1.82) is 0 Å². The largest absolute Gasteiger partial charge is 0.396 e. The standard InChI is InChI=1S/C9H8FNO/c10-7-4-6-5(3-8(7)11)1-2-9(6)12/h3-4H,1-2,11H2. The lowest BCUT2D eigenvalue weighted by Crippen LogP contribution is -1.96. The third kappa shape index (κ3) is 0.897. The molecule has 1 aromatic carbocycles. The number of fused-ring (bicyclic) bond motifs is 1. The van der Waals surface area contributed by atoms with Crippen LogP contribution in [0.2, 0.25) is 0 Å². The minimum Gasteiger partial charge on any atom is -0.396 e. The van der Waals surface area contributed by atoms with Crippen molar-refractivity contribution in [2.24, 2.45) is 0 Å². The van der Waals surface area contributed by atoms with Crippen LogP contribution in [0.1, 0.15) is 22.3 Å². The molecule has 12 heavy (non-hydrogen) atoms. The summed E-state index contributed by atoms with van der Waals surface area (Å²) in [5.41, 5.74) is 6.86. The van der Waals surface area contributed by atoms with Gasteiger partial charge in [-0.1, -0.05) is 0 Å². The number of hydrogen-bond donors (Lipinski definition) is 1. The van der Waals surface area contributed by atoms with E-state index in [0.29, 0.717) is 18.4 Å². The maximum atomic E-state index is 12.9. The zero-order valence-corrected chi connectivity index (χ0v) is 6.43. The first-order valence-electron chi connectivity index (χ1n) is 3.79. The summed E-state index contributed by atoms with van der Waals surface area (Å²) >= 11 is 0. The summed E-state index contributed by atoms with van der Waals surface area (Å²) in [6.45, 7) is 0. The topological polar surface area (TPSA) is 43.1 Å². The molecule has 0 aromatic heterocycles. The molecule has 0 saturated heterocycles. The Bertz CT molecular complexity index is 360. The van der Waals surface area contributed by atoms with Crippen LogP contribution in [-0.4, -0.2) is 5.78 Å². The predicted octanol–water partition coefficient (Wildman–Crippen LogP) is 1.54. The van der Waals surface area contributed by atoms with E-state index in [9.17, 15) is 9.18 Å². The SMILES string of the molecule is Nc1cc2c(cc1F)C(=O)CC2. The molecule has 0 unspecified atom stereocenters. The van der Waals surface area contributed by atoms with Gasteiger partial charge in [-0.25, -0.2) is 4.39 Å². The van der Waals surface area contributed by atoms with E-state index >= 15 is 0 Å². The highest BCUT2D eigenvalue weighted by Gasteiger charge is 2.20. The second-order valence-electron chi connectivity index (χ2n) is 2.95. The fourth-order valence-electron chi connectivity index (χ4n) is 1.49. The Kier molecular flexibility index (Phi) is 1.40. The maximum Gasteiger partial charge on any atom is 0.163 e. The summed E-state index contributed by atoms with van der Waals surface area (Å²) in [6.07, 6.45) is 1.18. The van der Waals surface area contributed by atoms with E-state index in [4.69, 9.17) is 5.73 Å². The van der Waals surface area contributed by atoms with Crippen molar-refractivity contribution in [3.05, 3.63) is 29.1 Å². The molecular formula is C9H8FNO. The molecule has 62 valence electrons. The van der Waals surface area contributed by atoms with Gasteiger partial charge in [-0.3, -0.25) is 4.79 Å². The first kappa shape index (κ1) is 7.28. The average Bonchev–Trinajstić information content (AvgIpc) is 2.35. The van der Waals surface area contributed by atoms with E-state index in [2.05, 4.69) is 0 Å². The Morgan fingerprint density at radius 3 is 2.83 bits per heavy atom. The zero-order valence-electron chi connectivity index (χ0n) is 6.43. The van der Waals surface area contributed by atoms with Crippen LogP contribution in [0.3, 0.4) is 0 Å². The van der Waals surface area contributed by atoms with Crippen LogP contribution >= 0.6 is 0 Å². The van der Waals surface area contributed by atoms with Crippen LogP contribution in [0.5, 0.6) is 0 Å². The molecule has 0 spiro atoms. The number of Topliss-reactive ketones (excluding diaryl/α,β-unsaturated/α-hetero) is 1. The zero-order chi connectivity index (χ0) is 8.72. The van der Waals surface area contributed by atoms with E-state index < -0.39 is 5.82 Å². The Hall–Kier alpha value is -1.38. The fourth-order valence-corrected chi connectivity index (χ4v) is 1.49. The molecule has 0 aliphatic heterocycles. The van der Waals surface area contributed by atoms with E-state index in [1.807, 2.05) is 0 Å². The molecule has 1 aliphatic rings. The van der Waals surface area contributed by atoms with Crippen LogP contribution in [0.25, 0.3) is 0 Å². The molecule has 0 atom stereocenters. The molecule has 0 heterocycles. The second-order valence-corrected chi connectivity index (χ2v) is 2.95. The minimum atomic E-state index is -0.496. The number of benzene rings is 1. The highest BCUT2D eigenvalue weighted by atomic mass is 19.1. The average molecular weight is 165 g/mol. The van der Waals surface area contributed by atoms with Crippen LogP contribution in [-0.2, 0) is 6.42 Å². The number of nitrogen functional groups attached to an aromatic ring is 1. The van der Waals surface area contributed by atoms with Gasteiger partial charge in [-0.2, -0.15) is 0 Å². The molecular weight excluding hydrogens is 157 g/mol. The van der Waals surface area contributed by atoms with Crippen LogP contribution in [0, 0.1) is 5.82 Å². The van der Waals surface area contributed by atoms with E-state index in [-0.39, 0.29) is 11.5 Å². The molecule has 3 heteroatoms. The fraction of sp³-hybridized carbons (Fsp3) is 0.222. The monoisotopic (exact) mass is 165 g/mol. The lowest BCUT2D eigenvalue weighted by atomic mass is 10.1. The van der Waals surface area contributed by atoms with Crippen LogP contribution in [0.4, 0.5) is 10.1 Å². The van der Waals surface area contributed by atoms with Crippen molar-refractivity contribution in [3.63, 3.8) is 0 Å². The number of nitrogens with two attached hydrogens (primary N) is 1. The van der Waals surface area contributed by atoms with Gasteiger partial charge in [0.1, 0.15) is 5.82 Å². The molecule has 2 N–H and O–H groups in total.